The molecule has 208 valence electrons. The molecule has 0 radical (unpaired) electrons. The van der Waals surface area contributed by atoms with Crippen LogP contribution < -0.4 is 0 Å². The molecule has 0 spiro atoms. The number of hydrogen-bond donors (Lipinski definition) is 0. The van der Waals surface area contributed by atoms with Crippen LogP contribution in [0.1, 0.15) is 136 Å². The summed E-state index contributed by atoms with van der Waals surface area (Å²) in [5.41, 5.74) is 19.0. The normalized spacial score (nSPS) is 23.8. The first-order valence-electron chi connectivity index (χ1n) is 16.4. The van der Waals surface area contributed by atoms with Crippen molar-refractivity contribution < 1.29 is 0 Å². The zero-order valence-corrected chi connectivity index (χ0v) is 27.2. The quantitative estimate of drug-likeness (QED) is 0.294. The molecule has 2 aromatic carbocycles. The zero-order chi connectivity index (χ0) is 27.7. The minimum absolute atomic E-state index is 0.484. The van der Waals surface area contributed by atoms with Gasteiger partial charge >= 0.3 is 0 Å². The fraction of sp³-hybridized carbons (Fsp3) is 0.579. The highest BCUT2D eigenvalue weighted by molar-refractivity contribution is 6.81. The summed E-state index contributed by atoms with van der Waals surface area (Å²) in [5.74, 6) is 0. The first-order valence-corrected chi connectivity index (χ1v) is 19.6. The van der Waals surface area contributed by atoms with Gasteiger partial charge in [-0.3, -0.25) is 0 Å². The maximum atomic E-state index is 2.74. The van der Waals surface area contributed by atoms with Gasteiger partial charge in [0.05, 0.1) is 8.07 Å². The Bertz CT molecular complexity index is 1250. The molecule has 0 heterocycles. The molecule has 0 amide bonds. The van der Waals surface area contributed by atoms with E-state index in [0.29, 0.717) is 21.9 Å². The van der Waals surface area contributed by atoms with E-state index < -0.39 is 8.07 Å². The highest BCUT2D eigenvalue weighted by atomic mass is 28.3. The molecule has 1 heteroatoms. The Morgan fingerprint density at radius 2 is 0.974 bits per heavy atom. The summed E-state index contributed by atoms with van der Waals surface area (Å²) in [4.78, 5) is 0. The van der Waals surface area contributed by atoms with Crippen molar-refractivity contribution >= 4 is 20.2 Å². The van der Waals surface area contributed by atoms with Crippen LogP contribution in [0.5, 0.6) is 0 Å². The van der Waals surface area contributed by atoms with Gasteiger partial charge in [-0.1, -0.05) is 102 Å². The number of fused-ring (bicyclic) bond motifs is 6. The van der Waals surface area contributed by atoms with Crippen LogP contribution in [0.3, 0.4) is 0 Å². The second-order valence-corrected chi connectivity index (χ2v) is 19.2. The van der Waals surface area contributed by atoms with E-state index in [2.05, 4.69) is 91.1 Å². The maximum absolute atomic E-state index is 2.74. The van der Waals surface area contributed by atoms with E-state index in [0.717, 1.165) is 0 Å². The van der Waals surface area contributed by atoms with Gasteiger partial charge in [-0.05, 0) is 120 Å². The van der Waals surface area contributed by atoms with E-state index in [9.17, 15) is 0 Å². The SMILES string of the molecule is CCC1=Cc2c(ccc3c2CC(CC)(CC)C3)C1[Si](C)(C)C1C(CC)=Cc2c1ccc1c2CC(CC)(CC)C1. The van der Waals surface area contributed by atoms with Gasteiger partial charge in [0, 0.05) is 11.1 Å². The fourth-order valence-corrected chi connectivity index (χ4v) is 14.6. The van der Waals surface area contributed by atoms with E-state index in [1.807, 2.05) is 0 Å². The van der Waals surface area contributed by atoms with Gasteiger partial charge in [-0.15, -0.1) is 0 Å². The first-order chi connectivity index (χ1) is 18.7. The van der Waals surface area contributed by atoms with Crippen molar-refractivity contribution in [2.75, 3.05) is 0 Å². The summed E-state index contributed by atoms with van der Waals surface area (Å²) in [6.07, 6.45) is 18.1. The van der Waals surface area contributed by atoms with E-state index in [1.165, 1.54) is 64.2 Å². The highest BCUT2D eigenvalue weighted by Crippen LogP contribution is 2.57. The van der Waals surface area contributed by atoms with E-state index >= 15 is 0 Å². The Hall–Kier alpha value is -1.86. The predicted molar refractivity (Wildman–Crippen MR) is 173 cm³/mol. The Morgan fingerprint density at radius 1 is 0.590 bits per heavy atom. The largest absolute Gasteiger partial charge is 0.0722 e. The number of allylic oxidation sites excluding steroid dienone is 2. The Balaban J connectivity index is 1.43. The summed E-state index contributed by atoms with van der Waals surface area (Å²) in [7, 11) is -1.81. The average molecular weight is 537 g/mol. The molecule has 0 saturated carbocycles. The Morgan fingerprint density at radius 3 is 1.31 bits per heavy atom. The van der Waals surface area contributed by atoms with Crippen molar-refractivity contribution in [3.63, 3.8) is 0 Å². The zero-order valence-electron chi connectivity index (χ0n) is 26.2. The summed E-state index contributed by atoms with van der Waals surface area (Å²) in [6.45, 7) is 20.0. The molecule has 4 aliphatic rings. The number of benzene rings is 2. The van der Waals surface area contributed by atoms with Crippen molar-refractivity contribution in [3.8, 4) is 0 Å². The van der Waals surface area contributed by atoms with Gasteiger partial charge in [0.25, 0.3) is 0 Å². The molecule has 2 atom stereocenters. The Kier molecular flexibility index (Phi) is 6.73. The molecule has 6 rings (SSSR count). The third kappa shape index (κ3) is 3.88. The third-order valence-electron chi connectivity index (χ3n) is 12.5. The molecule has 0 fully saturated rings. The molecule has 4 aliphatic carbocycles. The molecule has 2 aromatic rings. The van der Waals surface area contributed by atoms with Gasteiger partial charge in [-0.2, -0.15) is 0 Å². The second-order valence-electron chi connectivity index (χ2n) is 14.4. The molecule has 0 aromatic heterocycles. The lowest BCUT2D eigenvalue weighted by atomic mass is 9.79. The first kappa shape index (κ1) is 27.3. The summed E-state index contributed by atoms with van der Waals surface area (Å²) < 4.78 is 0. The molecule has 0 bridgehead atoms. The van der Waals surface area contributed by atoms with Gasteiger partial charge < -0.3 is 0 Å². The lowest BCUT2D eigenvalue weighted by Crippen LogP contribution is -2.42. The molecule has 0 nitrogen and oxygen atoms in total. The molecular weight excluding hydrogens is 485 g/mol. The smallest absolute Gasteiger partial charge is 0.0679 e. The van der Waals surface area contributed by atoms with Crippen LogP contribution in [0.25, 0.3) is 12.2 Å². The van der Waals surface area contributed by atoms with Crippen molar-refractivity contribution in [1.29, 1.82) is 0 Å². The molecule has 2 unspecified atom stereocenters. The molecule has 39 heavy (non-hydrogen) atoms. The number of hydrogen-bond acceptors (Lipinski definition) is 0. The van der Waals surface area contributed by atoms with Crippen molar-refractivity contribution in [2.45, 2.75) is 130 Å². The van der Waals surface area contributed by atoms with Crippen LogP contribution in [0, 0.1) is 10.8 Å². The van der Waals surface area contributed by atoms with Crippen LogP contribution >= 0.6 is 0 Å². The van der Waals surface area contributed by atoms with E-state index in [-0.39, 0.29) is 0 Å². The van der Waals surface area contributed by atoms with Gasteiger partial charge in [0.1, 0.15) is 0 Å². The summed E-state index contributed by atoms with van der Waals surface area (Å²) in [5, 5.41) is 0. The van der Waals surface area contributed by atoms with E-state index in [4.69, 9.17) is 0 Å². The van der Waals surface area contributed by atoms with Crippen LogP contribution in [0.15, 0.2) is 35.4 Å². The lowest BCUT2D eigenvalue weighted by molar-refractivity contribution is 0.280. The average Bonchev–Trinajstić information content (AvgIpc) is 3.71. The second kappa shape index (κ2) is 9.61. The van der Waals surface area contributed by atoms with Crippen molar-refractivity contribution in [3.05, 3.63) is 79.9 Å². The van der Waals surface area contributed by atoms with Crippen molar-refractivity contribution in [2.24, 2.45) is 10.8 Å². The third-order valence-corrected chi connectivity index (χ3v) is 16.9. The summed E-state index contributed by atoms with van der Waals surface area (Å²) in [6, 6.07) is 10.3. The molecule has 0 N–H and O–H groups in total. The minimum Gasteiger partial charge on any atom is -0.0679 e. The standard InChI is InChI=1S/C38H52Si/c1-9-25-19-31-29(17-15-27-21-37(11-3,12-4)23-33(27)31)35(25)39(7,8)36-26(10-2)20-32-30(36)18-16-28-22-38(13-5,14-6)24-34(28)32/h15-20,35-36H,9-14,21-24H2,1-8H3. The van der Waals surface area contributed by atoms with Crippen LogP contribution in [0.4, 0.5) is 0 Å². The Labute approximate surface area is 240 Å². The van der Waals surface area contributed by atoms with Crippen LogP contribution in [-0.2, 0) is 25.7 Å². The van der Waals surface area contributed by atoms with Gasteiger partial charge in [0.15, 0.2) is 0 Å². The van der Waals surface area contributed by atoms with E-state index in [1.54, 1.807) is 55.7 Å². The molecule has 0 saturated heterocycles. The van der Waals surface area contributed by atoms with Gasteiger partial charge in [-0.25, -0.2) is 0 Å². The lowest BCUT2D eigenvalue weighted by Gasteiger charge is -2.40. The maximum Gasteiger partial charge on any atom is 0.0722 e. The van der Waals surface area contributed by atoms with Crippen molar-refractivity contribution in [1.82, 2.24) is 0 Å². The van der Waals surface area contributed by atoms with Crippen LogP contribution in [-0.4, -0.2) is 8.07 Å². The summed E-state index contributed by atoms with van der Waals surface area (Å²) >= 11 is 0. The van der Waals surface area contributed by atoms with Gasteiger partial charge in [0.2, 0.25) is 0 Å². The monoisotopic (exact) mass is 536 g/mol. The molecular formula is C38H52Si. The molecule has 0 aliphatic heterocycles. The fourth-order valence-electron chi connectivity index (χ4n) is 9.71. The predicted octanol–water partition coefficient (Wildman–Crippen LogP) is 10.8. The number of rotatable bonds is 8. The highest BCUT2D eigenvalue weighted by Gasteiger charge is 2.50. The minimum atomic E-state index is -1.81. The topological polar surface area (TPSA) is 0 Å². The van der Waals surface area contributed by atoms with Crippen LogP contribution in [0.2, 0.25) is 13.1 Å².